The van der Waals surface area contributed by atoms with Crippen LogP contribution in [0.1, 0.15) is 34.3 Å². The molecule has 1 aliphatic rings. The maximum Gasteiger partial charge on any atom is 0.169 e. The number of rotatable bonds is 7. The first-order valence-corrected chi connectivity index (χ1v) is 9.93. The predicted octanol–water partition coefficient (Wildman–Crippen LogP) is 4.55. The van der Waals surface area contributed by atoms with Gasteiger partial charge in [-0.25, -0.2) is 0 Å². The van der Waals surface area contributed by atoms with E-state index in [0.29, 0.717) is 11.1 Å². The van der Waals surface area contributed by atoms with Gasteiger partial charge < -0.3 is 10.2 Å². The summed E-state index contributed by atoms with van der Waals surface area (Å²) in [5, 5.41) is 13.6. The highest BCUT2D eigenvalue weighted by atomic mass is 16.1. The fraction of sp³-hybridized carbons (Fsp3) is 0.292. The number of carbonyl (C=O) groups is 1. The number of Topliss-reactive ketones (excluding diaryl/α,β-unsaturated/α-hetero) is 1. The summed E-state index contributed by atoms with van der Waals surface area (Å²) in [4.78, 5) is 19.5. The quantitative estimate of drug-likeness (QED) is 0.605. The molecule has 2 aromatic carbocycles. The van der Waals surface area contributed by atoms with E-state index in [0.717, 1.165) is 48.1 Å². The molecule has 1 N–H and O–H groups in total. The highest BCUT2D eigenvalue weighted by molar-refractivity contribution is 6.10. The van der Waals surface area contributed by atoms with Crippen LogP contribution in [0.2, 0.25) is 0 Å². The average Bonchev–Trinajstić information content (AvgIpc) is 3.58. The zero-order chi connectivity index (χ0) is 20.4. The Hall–Kier alpha value is -3.23. The van der Waals surface area contributed by atoms with Crippen molar-refractivity contribution in [2.75, 3.05) is 26.0 Å². The summed E-state index contributed by atoms with van der Waals surface area (Å²) in [6, 6.07) is 15.9. The van der Waals surface area contributed by atoms with E-state index in [4.69, 9.17) is 0 Å². The number of hydrogen-bond donors (Lipinski definition) is 1. The van der Waals surface area contributed by atoms with Crippen LogP contribution < -0.4 is 5.32 Å². The van der Waals surface area contributed by atoms with Crippen molar-refractivity contribution in [1.29, 1.82) is 5.26 Å². The number of ketones is 1. The second-order valence-electron chi connectivity index (χ2n) is 7.90. The minimum atomic E-state index is 0.0994. The molecule has 5 nitrogen and oxygen atoms in total. The third kappa shape index (κ3) is 4.28. The standard InChI is InChI=1S/C24H24N4O/c1-28(2)12-11-16-3-8-19(9-4-16)27-23-20-13-17(14-25)5-10-22(20)26-15-21(23)24(29)18-6-7-18/h3-5,8-10,13,15,18H,6-7,11-12H2,1-2H3,(H,26,27). The number of nitrogens with one attached hydrogen (secondary N) is 1. The minimum Gasteiger partial charge on any atom is -0.354 e. The largest absolute Gasteiger partial charge is 0.354 e. The van der Waals surface area contributed by atoms with Crippen LogP contribution in [0.15, 0.2) is 48.7 Å². The second-order valence-corrected chi connectivity index (χ2v) is 7.90. The Labute approximate surface area is 171 Å². The van der Waals surface area contributed by atoms with E-state index in [9.17, 15) is 10.1 Å². The summed E-state index contributed by atoms with van der Waals surface area (Å²) in [5.74, 6) is 0.231. The highest BCUT2D eigenvalue weighted by Crippen LogP contribution is 2.37. The minimum absolute atomic E-state index is 0.0994. The predicted molar refractivity (Wildman–Crippen MR) is 115 cm³/mol. The smallest absolute Gasteiger partial charge is 0.169 e. The Morgan fingerprint density at radius 3 is 2.62 bits per heavy atom. The van der Waals surface area contributed by atoms with Gasteiger partial charge in [0.1, 0.15) is 0 Å². The van der Waals surface area contributed by atoms with Gasteiger partial charge in [-0.3, -0.25) is 9.78 Å². The van der Waals surface area contributed by atoms with Crippen molar-refractivity contribution in [1.82, 2.24) is 9.88 Å². The number of carbonyl (C=O) groups excluding carboxylic acids is 1. The van der Waals surface area contributed by atoms with Crippen LogP contribution in [0.25, 0.3) is 10.9 Å². The van der Waals surface area contributed by atoms with Gasteiger partial charge in [0, 0.05) is 29.7 Å². The summed E-state index contributed by atoms with van der Waals surface area (Å²) in [6.45, 7) is 0.999. The van der Waals surface area contributed by atoms with Crippen molar-refractivity contribution in [3.05, 3.63) is 65.4 Å². The van der Waals surface area contributed by atoms with Gasteiger partial charge in [-0.2, -0.15) is 5.26 Å². The third-order valence-electron chi connectivity index (χ3n) is 5.28. The zero-order valence-electron chi connectivity index (χ0n) is 16.8. The van der Waals surface area contributed by atoms with E-state index in [2.05, 4.69) is 47.5 Å². The van der Waals surface area contributed by atoms with Gasteiger partial charge >= 0.3 is 0 Å². The molecule has 1 heterocycles. The summed E-state index contributed by atoms with van der Waals surface area (Å²) in [5.41, 5.74) is 4.85. The van der Waals surface area contributed by atoms with Crippen LogP contribution in [0.3, 0.4) is 0 Å². The van der Waals surface area contributed by atoms with Gasteiger partial charge in [0.15, 0.2) is 5.78 Å². The van der Waals surface area contributed by atoms with E-state index in [-0.39, 0.29) is 11.7 Å². The molecule has 4 rings (SSSR count). The summed E-state index contributed by atoms with van der Waals surface area (Å²) in [7, 11) is 4.14. The number of hydrogen-bond acceptors (Lipinski definition) is 5. The average molecular weight is 384 g/mol. The Balaban J connectivity index is 1.71. The lowest BCUT2D eigenvalue weighted by molar-refractivity contribution is 0.0968. The molecule has 0 aliphatic heterocycles. The SMILES string of the molecule is CN(C)CCc1ccc(Nc2c(C(=O)C3CC3)cnc3ccc(C#N)cc23)cc1. The molecule has 1 aliphatic carbocycles. The molecule has 5 heteroatoms. The Kier molecular flexibility index (Phi) is 5.28. The maximum absolute atomic E-state index is 12.9. The number of benzene rings is 2. The fourth-order valence-electron chi connectivity index (χ4n) is 3.40. The third-order valence-corrected chi connectivity index (χ3v) is 5.28. The van der Waals surface area contributed by atoms with Crippen LogP contribution in [0.5, 0.6) is 0 Å². The number of aromatic nitrogens is 1. The van der Waals surface area contributed by atoms with Gasteiger partial charge in [0.25, 0.3) is 0 Å². The molecule has 0 unspecified atom stereocenters. The van der Waals surface area contributed by atoms with Crippen molar-refractivity contribution in [3.8, 4) is 6.07 Å². The lowest BCUT2D eigenvalue weighted by atomic mass is 10.0. The van der Waals surface area contributed by atoms with Crippen molar-refractivity contribution in [2.45, 2.75) is 19.3 Å². The number of nitriles is 1. The van der Waals surface area contributed by atoms with E-state index >= 15 is 0 Å². The Morgan fingerprint density at radius 1 is 1.21 bits per heavy atom. The van der Waals surface area contributed by atoms with Crippen LogP contribution in [0.4, 0.5) is 11.4 Å². The monoisotopic (exact) mass is 384 g/mol. The molecular formula is C24H24N4O. The maximum atomic E-state index is 12.9. The molecular weight excluding hydrogens is 360 g/mol. The molecule has 1 saturated carbocycles. The lowest BCUT2D eigenvalue weighted by Crippen LogP contribution is -2.14. The van der Waals surface area contributed by atoms with Crippen molar-refractivity contribution in [2.24, 2.45) is 5.92 Å². The topological polar surface area (TPSA) is 69.0 Å². The van der Waals surface area contributed by atoms with E-state index in [1.807, 2.05) is 18.2 Å². The first kappa shape index (κ1) is 19.1. The molecule has 1 fully saturated rings. The molecule has 0 amide bonds. The molecule has 29 heavy (non-hydrogen) atoms. The van der Waals surface area contributed by atoms with Crippen molar-refractivity contribution < 1.29 is 4.79 Å². The number of nitrogens with zero attached hydrogens (tertiary/aromatic N) is 3. The second kappa shape index (κ2) is 8.02. The van der Waals surface area contributed by atoms with Crippen molar-refractivity contribution in [3.63, 3.8) is 0 Å². The summed E-state index contributed by atoms with van der Waals surface area (Å²) >= 11 is 0. The van der Waals surface area contributed by atoms with Gasteiger partial charge in [-0.1, -0.05) is 12.1 Å². The van der Waals surface area contributed by atoms with Crippen LogP contribution in [-0.2, 0) is 6.42 Å². The van der Waals surface area contributed by atoms with Gasteiger partial charge in [0.05, 0.1) is 28.4 Å². The fourth-order valence-corrected chi connectivity index (χ4v) is 3.40. The Bertz CT molecular complexity index is 1090. The van der Waals surface area contributed by atoms with Crippen molar-refractivity contribution >= 4 is 28.1 Å². The molecule has 0 atom stereocenters. The lowest BCUT2D eigenvalue weighted by Gasteiger charge is -2.15. The summed E-state index contributed by atoms with van der Waals surface area (Å²) in [6.07, 6.45) is 4.54. The molecule has 0 radical (unpaired) electrons. The van der Waals surface area contributed by atoms with Gasteiger partial charge in [0.2, 0.25) is 0 Å². The van der Waals surface area contributed by atoms with Crippen LogP contribution in [0, 0.1) is 17.2 Å². The van der Waals surface area contributed by atoms with E-state index in [1.165, 1.54) is 5.56 Å². The van der Waals surface area contributed by atoms with E-state index < -0.39 is 0 Å². The van der Waals surface area contributed by atoms with Crippen LogP contribution in [-0.4, -0.2) is 36.3 Å². The highest BCUT2D eigenvalue weighted by Gasteiger charge is 2.32. The molecule has 146 valence electrons. The van der Waals surface area contributed by atoms with Crippen LogP contribution >= 0.6 is 0 Å². The molecule has 0 spiro atoms. The molecule has 0 bridgehead atoms. The van der Waals surface area contributed by atoms with Gasteiger partial charge in [-0.05, 0) is 69.3 Å². The number of anilines is 2. The first-order chi connectivity index (χ1) is 14.0. The Morgan fingerprint density at radius 2 is 1.97 bits per heavy atom. The zero-order valence-corrected chi connectivity index (χ0v) is 16.8. The summed E-state index contributed by atoms with van der Waals surface area (Å²) < 4.78 is 0. The normalized spacial score (nSPS) is 13.4. The first-order valence-electron chi connectivity index (χ1n) is 9.93. The number of pyridine rings is 1. The molecule has 3 aromatic rings. The number of likely N-dealkylation sites (N-methyl/N-ethyl adjacent to an activating group) is 1. The molecule has 0 saturated heterocycles. The van der Waals surface area contributed by atoms with Gasteiger partial charge in [-0.15, -0.1) is 0 Å². The molecule has 1 aromatic heterocycles. The number of fused-ring (bicyclic) bond motifs is 1. The van der Waals surface area contributed by atoms with E-state index in [1.54, 1.807) is 18.3 Å².